The van der Waals surface area contributed by atoms with Crippen molar-refractivity contribution < 1.29 is 48.0 Å². The van der Waals surface area contributed by atoms with Crippen LogP contribution in [0.5, 0.6) is 5.75 Å². The summed E-state index contributed by atoms with van der Waals surface area (Å²) in [5.41, 5.74) is -2.53. The first-order chi connectivity index (χ1) is 24.1. The monoisotopic (exact) mass is 767 g/mol. The van der Waals surface area contributed by atoms with Gasteiger partial charge in [-0.3, -0.25) is 14.9 Å². The van der Waals surface area contributed by atoms with Crippen molar-refractivity contribution in [2.75, 3.05) is 45.2 Å². The van der Waals surface area contributed by atoms with Crippen LogP contribution < -0.4 is 15.0 Å². The molecule has 0 spiro atoms. The molecule has 0 aromatic heterocycles. The van der Waals surface area contributed by atoms with Gasteiger partial charge in [0.05, 0.1) is 19.2 Å². The summed E-state index contributed by atoms with van der Waals surface area (Å²) in [4.78, 5) is 57.4. The molecule has 6 bridgehead atoms. The van der Waals surface area contributed by atoms with Crippen molar-refractivity contribution in [3.8, 4) is 5.75 Å². The summed E-state index contributed by atoms with van der Waals surface area (Å²) in [6.45, 7) is 5.40. The Labute approximate surface area is 311 Å². The molecule has 5 rings (SSSR count). The van der Waals surface area contributed by atoms with E-state index in [0.29, 0.717) is 23.6 Å². The zero-order valence-electron chi connectivity index (χ0n) is 30.0. The summed E-state index contributed by atoms with van der Waals surface area (Å²) < 4.78 is 29.6. The molecule has 13 nitrogen and oxygen atoms in total. The lowest BCUT2D eigenvalue weighted by Crippen LogP contribution is -2.68. The molecular weight excluding hydrogens is 722 g/mol. The van der Waals surface area contributed by atoms with Gasteiger partial charge in [0.1, 0.15) is 40.3 Å². The summed E-state index contributed by atoms with van der Waals surface area (Å²) in [7, 11) is 9.05. The summed E-state index contributed by atoms with van der Waals surface area (Å²) in [5.74, 6) is -1.37. The molecule has 3 amide bonds. The number of alkyl carbamates (subject to hydrolysis) is 1. The summed E-state index contributed by atoms with van der Waals surface area (Å²) >= 11 is 6.74. The molecule has 4 heterocycles. The van der Waals surface area contributed by atoms with Gasteiger partial charge in [0.15, 0.2) is 11.8 Å². The highest BCUT2D eigenvalue weighted by Crippen LogP contribution is 2.63. The molecule has 8 atom stereocenters. The Morgan fingerprint density at radius 2 is 1.96 bits per heavy atom. The number of hydrogen-bond donors (Lipinski definition) is 2. The average molecular weight is 768 g/mol. The molecule has 2 N–H and O–H groups in total. The smallest absolute Gasteiger partial charge is 0.409 e. The predicted octanol–water partition coefficient (Wildman–Crippen LogP) is 4.28. The first kappa shape index (κ1) is 39.3. The van der Waals surface area contributed by atoms with Gasteiger partial charge < -0.3 is 38.6 Å². The third kappa shape index (κ3) is 7.21. The number of hydrogen-bond acceptors (Lipinski definition) is 12. The van der Waals surface area contributed by atoms with E-state index in [1.807, 2.05) is 19.3 Å². The molecule has 0 radical (unpaired) electrons. The molecule has 0 aliphatic carbocycles. The van der Waals surface area contributed by atoms with Gasteiger partial charge in [0.2, 0.25) is 11.8 Å². The molecule has 1 aromatic rings. The number of anilines is 1. The fourth-order valence-electron chi connectivity index (χ4n) is 7.65. The molecule has 3 fully saturated rings. The Morgan fingerprint density at radius 1 is 1.24 bits per heavy atom. The van der Waals surface area contributed by atoms with Crippen molar-refractivity contribution in [1.29, 1.82) is 0 Å². The molecule has 1 aromatic carbocycles. The maximum absolute atomic E-state index is 14.1. The molecule has 0 saturated carbocycles. The molecule has 51 heavy (non-hydrogen) atoms. The minimum Gasteiger partial charge on any atom is -0.495 e. The number of epoxide rings is 1. The standard InChI is InChI=1S/C35H46ClN3O10S2/c1-19-10-9-11-25(46-7)34(44)18-24(47-32(43)37-34)20(2)35-30(39(5)27(40)12-13-51-50-8)31(42)48-26(33(35,3)49-35)17-28(41)38(4)22-15-21(14-19)16-23(45-6)29(22)36/h9-11,15-16,20,24-26,30,44H,12-14,17-18H2,1-8H3,(H,37,43)/b11-9+,19-10+/t20-,24?,25-,26+,30+,33-,34+,35-/m1/s1. The van der Waals surface area contributed by atoms with Gasteiger partial charge in [-0.25, -0.2) is 9.59 Å². The van der Waals surface area contributed by atoms with Gasteiger partial charge >= 0.3 is 12.1 Å². The zero-order chi connectivity index (χ0) is 37.5. The number of carbonyl (C=O) groups excluding carboxylic acids is 4. The van der Waals surface area contributed by atoms with E-state index in [-0.39, 0.29) is 30.2 Å². The Hall–Kier alpha value is -2.95. The van der Waals surface area contributed by atoms with E-state index in [0.717, 1.165) is 11.1 Å². The number of nitrogens with zero attached hydrogens (tertiary/aromatic N) is 2. The fraction of sp³-hybridized carbons (Fsp3) is 0.600. The van der Waals surface area contributed by atoms with E-state index in [4.69, 9.17) is 35.3 Å². The van der Waals surface area contributed by atoms with Gasteiger partial charge in [-0.05, 0) is 44.2 Å². The number of halogens is 1. The highest BCUT2D eigenvalue weighted by atomic mass is 35.5. The lowest BCUT2D eigenvalue weighted by molar-refractivity contribution is -0.174. The van der Waals surface area contributed by atoms with Gasteiger partial charge in [0.25, 0.3) is 0 Å². The van der Waals surface area contributed by atoms with Crippen molar-refractivity contribution in [3.63, 3.8) is 0 Å². The van der Waals surface area contributed by atoms with Gasteiger partial charge in [-0.1, -0.05) is 63.9 Å². The molecule has 1 unspecified atom stereocenters. The molecule has 4 aliphatic heterocycles. The topological polar surface area (TPSA) is 156 Å². The number of allylic oxidation sites excluding steroid dienone is 3. The zero-order valence-corrected chi connectivity index (χ0v) is 32.4. The first-order valence-corrected chi connectivity index (χ1v) is 19.7. The number of amides is 3. The number of likely N-dealkylation sites (N-methyl/N-ethyl adjacent to an activating group) is 1. The van der Waals surface area contributed by atoms with Crippen molar-refractivity contribution in [1.82, 2.24) is 10.2 Å². The number of aliphatic hydroxyl groups is 1. The number of nitrogens with one attached hydrogen (secondary N) is 1. The third-order valence-corrected chi connectivity index (χ3v) is 12.7. The lowest BCUT2D eigenvalue weighted by atomic mass is 9.69. The number of esters is 1. The number of ether oxygens (including phenoxy) is 5. The van der Waals surface area contributed by atoms with Gasteiger partial charge in [-0.15, -0.1) is 0 Å². The number of carbonyl (C=O) groups is 4. The third-order valence-electron chi connectivity index (χ3n) is 10.5. The largest absolute Gasteiger partial charge is 0.495 e. The van der Waals surface area contributed by atoms with Crippen LogP contribution in [0.1, 0.15) is 45.6 Å². The second kappa shape index (κ2) is 15.2. The van der Waals surface area contributed by atoms with Crippen LogP contribution in [0, 0.1) is 5.92 Å². The van der Waals surface area contributed by atoms with Crippen molar-refractivity contribution in [2.45, 2.75) is 87.7 Å². The first-order valence-electron chi connectivity index (χ1n) is 16.6. The average Bonchev–Trinajstić information content (AvgIpc) is 3.73. The predicted molar refractivity (Wildman–Crippen MR) is 195 cm³/mol. The quantitative estimate of drug-likeness (QED) is 0.176. The van der Waals surface area contributed by atoms with Crippen LogP contribution in [0.15, 0.2) is 35.9 Å². The van der Waals surface area contributed by atoms with Crippen molar-refractivity contribution in [2.24, 2.45) is 5.92 Å². The SMILES string of the molecule is COc1cc2cc(c1Cl)N(C)C(=O)C[C@@H]1OC(=O)[C@H](N(C)C(=O)CCSSC)[C@]3(O[C@]13C)[C@H](C)C1C[C@@](O)(NC(=O)O1)[C@H](OC)/C=C/C=C(\C)C2. The van der Waals surface area contributed by atoms with Crippen LogP contribution in [0.25, 0.3) is 0 Å². The second-order valence-corrected chi connectivity index (χ2v) is 16.6. The Balaban J connectivity index is 1.63. The van der Waals surface area contributed by atoms with Crippen LogP contribution in [0.4, 0.5) is 10.5 Å². The van der Waals surface area contributed by atoms with E-state index in [1.165, 1.54) is 52.7 Å². The number of benzene rings is 1. The second-order valence-electron chi connectivity index (χ2n) is 13.6. The van der Waals surface area contributed by atoms with E-state index >= 15 is 0 Å². The number of fused-ring (bicyclic) bond motifs is 4. The summed E-state index contributed by atoms with van der Waals surface area (Å²) in [5, 5.41) is 14.7. The maximum atomic E-state index is 14.1. The Bertz CT molecular complexity index is 1630. The normalized spacial score (nSPS) is 35.3. The molecule has 280 valence electrons. The van der Waals surface area contributed by atoms with Crippen molar-refractivity contribution >= 4 is 62.8 Å². The minimum atomic E-state index is -1.91. The number of rotatable bonds is 7. The molecule has 3 saturated heterocycles. The van der Waals surface area contributed by atoms with Crippen LogP contribution in [0.3, 0.4) is 0 Å². The summed E-state index contributed by atoms with van der Waals surface area (Å²) in [6, 6.07) is 2.35. The molecule has 4 aliphatic rings. The Kier molecular flexibility index (Phi) is 11.7. The summed E-state index contributed by atoms with van der Waals surface area (Å²) in [6.07, 6.45) is 3.34. The van der Waals surface area contributed by atoms with E-state index < -0.39 is 65.2 Å². The van der Waals surface area contributed by atoms with Crippen LogP contribution >= 0.6 is 33.2 Å². The highest BCUT2D eigenvalue weighted by Gasteiger charge is 2.83. The Morgan fingerprint density at radius 3 is 2.63 bits per heavy atom. The highest BCUT2D eigenvalue weighted by molar-refractivity contribution is 8.76. The van der Waals surface area contributed by atoms with Gasteiger partial charge in [0, 0.05) is 45.7 Å². The fourth-order valence-corrected chi connectivity index (χ4v) is 9.14. The van der Waals surface area contributed by atoms with Crippen LogP contribution in [-0.2, 0) is 39.8 Å². The van der Waals surface area contributed by atoms with Crippen LogP contribution in [0.2, 0.25) is 5.02 Å². The maximum Gasteiger partial charge on any atom is 0.409 e. The lowest BCUT2D eigenvalue weighted by Gasteiger charge is -2.46. The molecular formula is C35H46ClN3O10S2. The van der Waals surface area contributed by atoms with E-state index in [1.54, 1.807) is 45.2 Å². The van der Waals surface area contributed by atoms with E-state index in [9.17, 15) is 24.3 Å². The molecule has 16 heteroatoms. The minimum absolute atomic E-state index is 0.146. The number of methoxy groups -OCH3 is 2. The van der Waals surface area contributed by atoms with Gasteiger partial charge in [-0.2, -0.15) is 0 Å². The van der Waals surface area contributed by atoms with E-state index in [2.05, 4.69) is 5.32 Å². The van der Waals surface area contributed by atoms with Crippen molar-refractivity contribution in [3.05, 3.63) is 46.5 Å². The van der Waals surface area contributed by atoms with Crippen LogP contribution in [-0.4, -0.2) is 115 Å².